The predicted octanol–water partition coefficient (Wildman–Crippen LogP) is 3.17. The minimum Gasteiger partial charge on any atom is -0.354 e. The summed E-state index contributed by atoms with van der Waals surface area (Å²) in [7, 11) is 4.06. The van der Waals surface area contributed by atoms with Crippen LogP contribution in [0.1, 0.15) is 35.0 Å². The number of aromatic nitrogens is 2. The van der Waals surface area contributed by atoms with E-state index in [4.69, 9.17) is 0 Å². The van der Waals surface area contributed by atoms with Crippen LogP contribution in [-0.4, -0.2) is 47.7 Å². The molecule has 0 aliphatic carbocycles. The molecule has 0 radical (unpaired) electrons. The van der Waals surface area contributed by atoms with Gasteiger partial charge in [-0.2, -0.15) is 0 Å². The van der Waals surface area contributed by atoms with E-state index in [1.807, 2.05) is 52.4 Å². The van der Waals surface area contributed by atoms with E-state index in [0.29, 0.717) is 19.4 Å². The molecular formula is C20H28N4OS. The molecule has 1 aromatic heterocycles. The number of amides is 1. The first-order valence-electron chi connectivity index (χ1n) is 8.78. The van der Waals surface area contributed by atoms with Crippen LogP contribution in [0.25, 0.3) is 0 Å². The number of nitrogens with one attached hydrogen (secondary N) is 1. The van der Waals surface area contributed by atoms with Gasteiger partial charge in [-0.05, 0) is 51.7 Å². The molecule has 1 amide bonds. The summed E-state index contributed by atoms with van der Waals surface area (Å²) in [6, 6.07) is 10.4. The highest BCUT2D eigenvalue weighted by Crippen LogP contribution is 2.18. The predicted molar refractivity (Wildman–Crippen MR) is 107 cm³/mol. The lowest BCUT2D eigenvalue weighted by molar-refractivity contribution is -0.121. The molecule has 1 N–H and O–H groups in total. The molecule has 5 nitrogen and oxygen atoms in total. The summed E-state index contributed by atoms with van der Waals surface area (Å²) in [6.45, 7) is 4.56. The van der Waals surface area contributed by atoms with Crippen LogP contribution in [0.5, 0.6) is 0 Å². The van der Waals surface area contributed by atoms with Gasteiger partial charge in [0.15, 0.2) is 5.16 Å². The van der Waals surface area contributed by atoms with Crippen molar-refractivity contribution in [2.75, 3.05) is 26.9 Å². The lowest BCUT2D eigenvalue weighted by Crippen LogP contribution is -2.34. The second-order valence-electron chi connectivity index (χ2n) is 6.55. The van der Waals surface area contributed by atoms with Gasteiger partial charge in [0, 0.05) is 24.4 Å². The van der Waals surface area contributed by atoms with E-state index in [2.05, 4.69) is 32.3 Å². The molecule has 0 aliphatic heterocycles. The number of carbonyl (C=O) groups excluding carboxylic acids is 1. The SMILES string of the molecule is CSc1nc(C)c(CCC(=O)NCC(c2ccccc2)N(C)C)c(C)n1. The summed E-state index contributed by atoms with van der Waals surface area (Å²) in [5.41, 5.74) is 4.20. The molecule has 2 aromatic rings. The van der Waals surface area contributed by atoms with E-state index < -0.39 is 0 Å². The van der Waals surface area contributed by atoms with Crippen molar-refractivity contribution < 1.29 is 4.79 Å². The molecule has 0 saturated heterocycles. The summed E-state index contributed by atoms with van der Waals surface area (Å²) in [5.74, 6) is 0.0560. The summed E-state index contributed by atoms with van der Waals surface area (Å²) in [4.78, 5) is 23.4. The van der Waals surface area contributed by atoms with Crippen molar-refractivity contribution in [2.45, 2.75) is 37.9 Å². The number of hydrogen-bond acceptors (Lipinski definition) is 5. The Balaban J connectivity index is 1.93. The largest absolute Gasteiger partial charge is 0.354 e. The number of nitrogens with zero attached hydrogens (tertiary/aromatic N) is 3. The molecule has 140 valence electrons. The molecule has 0 aliphatic rings. The maximum Gasteiger partial charge on any atom is 0.220 e. The zero-order chi connectivity index (χ0) is 19.1. The third-order valence-corrected chi connectivity index (χ3v) is 5.03. The quantitative estimate of drug-likeness (QED) is 0.570. The monoisotopic (exact) mass is 372 g/mol. The minimum absolute atomic E-state index is 0.0560. The Labute approximate surface area is 160 Å². The summed E-state index contributed by atoms with van der Waals surface area (Å²) >= 11 is 1.54. The first-order chi connectivity index (χ1) is 12.4. The number of benzene rings is 1. The first-order valence-corrected chi connectivity index (χ1v) is 10.0. The van der Waals surface area contributed by atoms with Crippen LogP contribution >= 0.6 is 11.8 Å². The van der Waals surface area contributed by atoms with Crippen LogP contribution < -0.4 is 5.32 Å². The zero-order valence-corrected chi connectivity index (χ0v) is 17.1. The Morgan fingerprint density at radius 2 is 1.77 bits per heavy atom. The van der Waals surface area contributed by atoms with Gasteiger partial charge < -0.3 is 10.2 Å². The number of hydrogen-bond donors (Lipinski definition) is 1. The van der Waals surface area contributed by atoms with E-state index in [-0.39, 0.29) is 11.9 Å². The van der Waals surface area contributed by atoms with Gasteiger partial charge in [0.2, 0.25) is 5.91 Å². The molecule has 1 atom stereocenters. The maximum atomic E-state index is 12.3. The highest BCUT2D eigenvalue weighted by Gasteiger charge is 2.16. The number of carbonyl (C=O) groups is 1. The molecule has 26 heavy (non-hydrogen) atoms. The molecule has 1 heterocycles. The van der Waals surface area contributed by atoms with Crippen LogP contribution in [0.2, 0.25) is 0 Å². The molecule has 0 spiro atoms. The van der Waals surface area contributed by atoms with Gasteiger partial charge in [0.1, 0.15) is 0 Å². The summed E-state index contributed by atoms with van der Waals surface area (Å²) in [6.07, 6.45) is 3.07. The van der Waals surface area contributed by atoms with Gasteiger partial charge in [-0.1, -0.05) is 42.1 Å². The van der Waals surface area contributed by atoms with Crippen LogP contribution in [0.15, 0.2) is 35.5 Å². The molecule has 0 saturated carbocycles. The zero-order valence-electron chi connectivity index (χ0n) is 16.2. The second-order valence-corrected chi connectivity index (χ2v) is 7.33. The van der Waals surface area contributed by atoms with Gasteiger partial charge in [-0.3, -0.25) is 4.79 Å². The molecular weight excluding hydrogens is 344 g/mol. The fourth-order valence-electron chi connectivity index (χ4n) is 2.97. The van der Waals surface area contributed by atoms with E-state index in [1.54, 1.807) is 0 Å². The van der Waals surface area contributed by atoms with Crippen molar-refractivity contribution in [1.29, 1.82) is 0 Å². The minimum atomic E-state index is 0.0560. The third kappa shape index (κ3) is 5.54. The van der Waals surface area contributed by atoms with Crippen molar-refractivity contribution in [1.82, 2.24) is 20.2 Å². The van der Waals surface area contributed by atoms with Gasteiger partial charge in [0.25, 0.3) is 0 Å². The van der Waals surface area contributed by atoms with Crippen LogP contribution in [-0.2, 0) is 11.2 Å². The average molecular weight is 373 g/mol. The Morgan fingerprint density at radius 1 is 1.15 bits per heavy atom. The van der Waals surface area contributed by atoms with Crippen LogP contribution in [0.4, 0.5) is 0 Å². The topological polar surface area (TPSA) is 58.1 Å². The van der Waals surface area contributed by atoms with E-state index in [9.17, 15) is 4.79 Å². The number of thioether (sulfide) groups is 1. The van der Waals surface area contributed by atoms with Crippen LogP contribution in [0.3, 0.4) is 0 Å². The van der Waals surface area contributed by atoms with Gasteiger partial charge in [-0.15, -0.1) is 0 Å². The molecule has 1 aromatic carbocycles. The highest BCUT2D eigenvalue weighted by atomic mass is 32.2. The van der Waals surface area contributed by atoms with Gasteiger partial charge in [-0.25, -0.2) is 9.97 Å². The molecule has 0 fully saturated rings. The number of aryl methyl sites for hydroxylation is 2. The van der Waals surface area contributed by atoms with Crippen molar-refractivity contribution >= 4 is 17.7 Å². The van der Waals surface area contributed by atoms with E-state index >= 15 is 0 Å². The maximum absolute atomic E-state index is 12.3. The Morgan fingerprint density at radius 3 is 2.31 bits per heavy atom. The molecule has 2 rings (SSSR count). The highest BCUT2D eigenvalue weighted by molar-refractivity contribution is 7.98. The van der Waals surface area contributed by atoms with Crippen molar-refractivity contribution in [3.05, 3.63) is 52.8 Å². The van der Waals surface area contributed by atoms with E-state index in [0.717, 1.165) is 22.1 Å². The van der Waals surface area contributed by atoms with Crippen molar-refractivity contribution in [2.24, 2.45) is 0 Å². The lowest BCUT2D eigenvalue weighted by atomic mass is 10.1. The molecule has 1 unspecified atom stereocenters. The smallest absolute Gasteiger partial charge is 0.220 e. The second kappa shape index (κ2) is 9.69. The Kier molecular flexibility index (Phi) is 7.60. The third-order valence-electron chi connectivity index (χ3n) is 4.49. The summed E-state index contributed by atoms with van der Waals surface area (Å²) < 4.78 is 0. The molecule has 0 bridgehead atoms. The Hall–Kier alpha value is -1.92. The number of likely N-dealkylation sites (N-methyl/N-ethyl adjacent to an activating group) is 1. The fourth-order valence-corrected chi connectivity index (χ4v) is 3.43. The van der Waals surface area contributed by atoms with Crippen LogP contribution in [0, 0.1) is 13.8 Å². The van der Waals surface area contributed by atoms with Gasteiger partial charge in [0.05, 0.1) is 6.04 Å². The van der Waals surface area contributed by atoms with Crippen molar-refractivity contribution in [3.63, 3.8) is 0 Å². The van der Waals surface area contributed by atoms with Crippen molar-refractivity contribution in [3.8, 4) is 0 Å². The normalized spacial score (nSPS) is 12.2. The lowest BCUT2D eigenvalue weighted by Gasteiger charge is -2.25. The fraction of sp³-hybridized carbons (Fsp3) is 0.450. The average Bonchev–Trinajstić information content (AvgIpc) is 2.61. The van der Waals surface area contributed by atoms with E-state index in [1.165, 1.54) is 17.3 Å². The first kappa shape index (κ1) is 20.4. The molecule has 6 heteroatoms. The standard InChI is InChI=1S/C20H28N4OS/c1-14-17(15(2)23-20(22-14)26-5)11-12-19(25)21-13-18(24(3)4)16-9-7-6-8-10-16/h6-10,18H,11-13H2,1-5H3,(H,21,25). The van der Waals surface area contributed by atoms with Gasteiger partial charge >= 0.3 is 0 Å². The Bertz CT molecular complexity index is 711. The number of rotatable bonds is 8. The summed E-state index contributed by atoms with van der Waals surface area (Å²) in [5, 5.41) is 3.85.